The van der Waals surface area contributed by atoms with Gasteiger partial charge in [-0.15, -0.1) is 24.0 Å². The second kappa shape index (κ2) is 11.9. The van der Waals surface area contributed by atoms with Crippen LogP contribution in [0.2, 0.25) is 0 Å². The molecule has 0 spiro atoms. The SMILES string of the molecule is CCNC(=NCC1CCN(S(=O)(=O)C(F)(F)F)CC1)NCCc1ccccn1.I. The first-order chi connectivity index (χ1) is 13.2. The van der Waals surface area contributed by atoms with E-state index in [2.05, 4.69) is 20.6 Å². The average molecular weight is 549 g/mol. The molecule has 1 aromatic heterocycles. The molecule has 1 aliphatic rings. The van der Waals surface area contributed by atoms with E-state index in [-0.39, 0.29) is 43.0 Å². The van der Waals surface area contributed by atoms with Crippen LogP contribution in [0.5, 0.6) is 0 Å². The minimum absolute atomic E-state index is 0. The minimum atomic E-state index is -5.24. The van der Waals surface area contributed by atoms with Crippen LogP contribution in [0.4, 0.5) is 13.2 Å². The van der Waals surface area contributed by atoms with Crippen molar-refractivity contribution in [2.24, 2.45) is 10.9 Å². The fraction of sp³-hybridized carbons (Fsp3) is 0.647. The summed E-state index contributed by atoms with van der Waals surface area (Å²) in [5, 5.41) is 6.33. The molecular formula is C17H27F3IN5O2S. The lowest BCUT2D eigenvalue weighted by Gasteiger charge is -2.30. The van der Waals surface area contributed by atoms with Crippen molar-refractivity contribution in [1.29, 1.82) is 0 Å². The predicted molar refractivity (Wildman–Crippen MR) is 117 cm³/mol. The molecule has 2 heterocycles. The number of guanidine groups is 1. The quantitative estimate of drug-likeness (QED) is 0.310. The molecule has 0 bridgehead atoms. The first-order valence-corrected chi connectivity index (χ1v) is 10.7. The highest BCUT2D eigenvalue weighted by atomic mass is 127. The number of alkyl halides is 3. The lowest BCUT2D eigenvalue weighted by molar-refractivity contribution is -0.0496. The van der Waals surface area contributed by atoms with Crippen LogP contribution in [0.3, 0.4) is 0 Å². The lowest BCUT2D eigenvalue weighted by Crippen LogP contribution is -2.45. The van der Waals surface area contributed by atoms with Crippen molar-refractivity contribution in [1.82, 2.24) is 19.9 Å². The first kappa shape index (κ1) is 25.9. The normalized spacial score (nSPS) is 16.9. The molecule has 29 heavy (non-hydrogen) atoms. The maximum absolute atomic E-state index is 12.6. The number of nitrogens with one attached hydrogen (secondary N) is 2. The maximum atomic E-state index is 12.6. The molecule has 1 aromatic rings. The van der Waals surface area contributed by atoms with E-state index in [1.54, 1.807) is 6.20 Å². The van der Waals surface area contributed by atoms with Crippen molar-refractivity contribution in [3.8, 4) is 0 Å². The molecule has 166 valence electrons. The summed E-state index contributed by atoms with van der Waals surface area (Å²) in [5.41, 5.74) is -4.28. The van der Waals surface area contributed by atoms with E-state index < -0.39 is 15.5 Å². The number of rotatable bonds is 7. The highest BCUT2D eigenvalue weighted by Gasteiger charge is 2.50. The van der Waals surface area contributed by atoms with Crippen LogP contribution in [0, 0.1) is 5.92 Å². The third kappa shape index (κ3) is 7.89. The highest BCUT2D eigenvalue weighted by molar-refractivity contribution is 14.0. The molecular weight excluding hydrogens is 522 g/mol. The van der Waals surface area contributed by atoms with Crippen molar-refractivity contribution in [2.75, 3.05) is 32.7 Å². The average Bonchev–Trinajstić information content (AvgIpc) is 2.66. The number of hydrogen-bond acceptors (Lipinski definition) is 4. The van der Waals surface area contributed by atoms with Gasteiger partial charge in [0, 0.05) is 51.0 Å². The fourth-order valence-corrected chi connectivity index (χ4v) is 3.88. The van der Waals surface area contributed by atoms with E-state index in [9.17, 15) is 21.6 Å². The summed E-state index contributed by atoms with van der Waals surface area (Å²) in [7, 11) is -5.23. The van der Waals surface area contributed by atoms with Gasteiger partial charge >= 0.3 is 15.5 Å². The number of nitrogens with zero attached hydrogens (tertiary/aromatic N) is 3. The van der Waals surface area contributed by atoms with Gasteiger partial charge in [0.25, 0.3) is 0 Å². The Bertz CT molecular complexity index is 739. The van der Waals surface area contributed by atoms with Gasteiger partial charge in [-0.1, -0.05) is 6.07 Å². The molecule has 2 rings (SSSR count). The first-order valence-electron chi connectivity index (χ1n) is 9.22. The summed E-state index contributed by atoms with van der Waals surface area (Å²) >= 11 is 0. The van der Waals surface area contributed by atoms with Gasteiger partial charge in [0.2, 0.25) is 0 Å². The molecule has 0 radical (unpaired) electrons. The molecule has 0 aromatic carbocycles. The zero-order chi connectivity index (χ0) is 20.6. The Labute approximate surface area is 186 Å². The number of halogens is 4. The molecule has 0 saturated carbocycles. The summed E-state index contributed by atoms with van der Waals surface area (Å²) in [5.74, 6) is 0.676. The number of pyridine rings is 1. The standard InChI is InChI=1S/C17H26F3N5O2S.HI/c1-2-21-16(23-10-6-15-5-3-4-9-22-15)24-13-14-7-11-25(12-8-14)28(26,27)17(18,19)20;/h3-5,9,14H,2,6-8,10-13H2,1H3,(H2,21,23,24);1H. The van der Waals surface area contributed by atoms with Crippen LogP contribution in [0.25, 0.3) is 0 Å². The Morgan fingerprint density at radius 3 is 2.52 bits per heavy atom. The van der Waals surface area contributed by atoms with Gasteiger partial charge in [-0.2, -0.15) is 17.5 Å². The highest BCUT2D eigenvalue weighted by Crippen LogP contribution is 2.30. The summed E-state index contributed by atoms with van der Waals surface area (Å²) in [4.78, 5) is 8.74. The summed E-state index contributed by atoms with van der Waals surface area (Å²) in [6.45, 7) is 3.43. The van der Waals surface area contributed by atoms with Gasteiger partial charge in [-0.05, 0) is 37.8 Å². The van der Waals surface area contributed by atoms with Gasteiger partial charge in [0.05, 0.1) is 0 Å². The van der Waals surface area contributed by atoms with E-state index in [4.69, 9.17) is 0 Å². The molecule has 7 nitrogen and oxygen atoms in total. The van der Waals surface area contributed by atoms with Gasteiger partial charge in [0.1, 0.15) is 0 Å². The molecule has 0 aliphatic carbocycles. The third-order valence-electron chi connectivity index (χ3n) is 4.46. The summed E-state index contributed by atoms with van der Waals surface area (Å²) < 4.78 is 61.3. The van der Waals surface area contributed by atoms with Crippen molar-refractivity contribution in [3.05, 3.63) is 30.1 Å². The fourth-order valence-electron chi connectivity index (χ4n) is 2.90. The Hall–Kier alpha value is -1.15. The van der Waals surface area contributed by atoms with Crippen molar-refractivity contribution in [2.45, 2.75) is 31.7 Å². The maximum Gasteiger partial charge on any atom is 0.511 e. The molecule has 1 fully saturated rings. The summed E-state index contributed by atoms with van der Waals surface area (Å²) in [6.07, 6.45) is 3.18. The van der Waals surface area contributed by atoms with Crippen LogP contribution in [-0.4, -0.2) is 61.9 Å². The monoisotopic (exact) mass is 549 g/mol. The van der Waals surface area contributed by atoms with Gasteiger partial charge in [-0.3, -0.25) is 9.98 Å². The Morgan fingerprint density at radius 2 is 1.97 bits per heavy atom. The van der Waals surface area contributed by atoms with Crippen molar-refractivity contribution >= 4 is 40.0 Å². The zero-order valence-corrected chi connectivity index (χ0v) is 19.3. The van der Waals surface area contributed by atoms with Crippen molar-refractivity contribution < 1.29 is 21.6 Å². The van der Waals surface area contributed by atoms with E-state index in [1.165, 1.54) is 0 Å². The summed E-state index contributed by atoms with van der Waals surface area (Å²) in [6, 6.07) is 5.72. The predicted octanol–water partition coefficient (Wildman–Crippen LogP) is 2.36. The van der Waals surface area contributed by atoms with Crippen LogP contribution in [-0.2, 0) is 16.4 Å². The third-order valence-corrected chi connectivity index (χ3v) is 6.09. The van der Waals surface area contributed by atoms with Gasteiger partial charge in [-0.25, -0.2) is 8.42 Å². The lowest BCUT2D eigenvalue weighted by atomic mass is 9.98. The number of sulfonamides is 1. The van der Waals surface area contributed by atoms with Crippen molar-refractivity contribution in [3.63, 3.8) is 0 Å². The minimum Gasteiger partial charge on any atom is -0.357 e. The Kier molecular flexibility index (Phi) is 10.6. The van der Waals surface area contributed by atoms with Crippen LogP contribution >= 0.6 is 24.0 Å². The number of piperidine rings is 1. The molecule has 1 saturated heterocycles. The molecule has 12 heteroatoms. The molecule has 1 aliphatic heterocycles. The Balaban J connectivity index is 0.00000420. The second-order valence-electron chi connectivity index (χ2n) is 6.51. The van der Waals surface area contributed by atoms with E-state index >= 15 is 0 Å². The largest absolute Gasteiger partial charge is 0.511 e. The smallest absolute Gasteiger partial charge is 0.357 e. The molecule has 0 amide bonds. The number of hydrogen-bond donors (Lipinski definition) is 2. The van der Waals surface area contributed by atoms with Gasteiger partial charge in [0.15, 0.2) is 5.96 Å². The molecule has 2 N–H and O–H groups in total. The van der Waals surface area contributed by atoms with E-state index in [1.807, 2.05) is 25.1 Å². The zero-order valence-electron chi connectivity index (χ0n) is 16.2. The molecule has 0 atom stereocenters. The number of aliphatic imine (C=N–C) groups is 1. The van der Waals surface area contributed by atoms with Crippen LogP contribution in [0.1, 0.15) is 25.5 Å². The van der Waals surface area contributed by atoms with E-state index in [0.717, 1.165) is 12.1 Å². The Morgan fingerprint density at radius 1 is 1.28 bits per heavy atom. The van der Waals surface area contributed by atoms with Crippen LogP contribution < -0.4 is 10.6 Å². The second-order valence-corrected chi connectivity index (χ2v) is 8.44. The van der Waals surface area contributed by atoms with Crippen LogP contribution in [0.15, 0.2) is 29.4 Å². The topological polar surface area (TPSA) is 86.7 Å². The number of aromatic nitrogens is 1. The van der Waals surface area contributed by atoms with E-state index in [0.29, 0.717) is 42.7 Å². The molecule has 0 unspecified atom stereocenters. The van der Waals surface area contributed by atoms with Gasteiger partial charge < -0.3 is 10.6 Å².